The van der Waals surface area contributed by atoms with Crippen LogP contribution in [0.15, 0.2) is 60.7 Å². The van der Waals surface area contributed by atoms with Gasteiger partial charge in [0.15, 0.2) is 8.32 Å². The van der Waals surface area contributed by atoms with Crippen molar-refractivity contribution in [3.05, 3.63) is 66.2 Å². The molecule has 0 spiro atoms. The van der Waals surface area contributed by atoms with Crippen molar-refractivity contribution in [2.45, 2.75) is 45.5 Å². The minimum Gasteiger partial charge on any atom is -0.413 e. The molecule has 0 saturated carbocycles. The first-order valence-corrected chi connectivity index (χ1v) is 12.2. The van der Waals surface area contributed by atoms with Gasteiger partial charge in [0.1, 0.15) is 5.82 Å². The number of anilines is 1. The van der Waals surface area contributed by atoms with Crippen molar-refractivity contribution in [1.82, 2.24) is 9.78 Å². The summed E-state index contributed by atoms with van der Waals surface area (Å²) in [6.07, 6.45) is 0. The molecule has 3 rings (SSSR count). The topological polar surface area (TPSA) is 53.1 Å². The molecule has 0 aliphatic carbocycles. The molecule has 2 aromatic carbocycles. The number of benzene rings is 2. The fourth-order valence-electron chi connectivity index (χ4n) is 2.61. The summed E-state index contributed by atoms with van der Waals surface area (Å²) in [7, 11) is -1.78. The largest absolute Gasteiger partial charge is 0.413 e. The van der Waals surface area contributed by atoms with Gasteiger partial charge in [-0.2, -0.15) is 5.10 Å². The van der Waals surface area contributed by atoms with Crippen molar-refractivity contribution in [1.29, 1.82) is 0 Å². The van der Waals surface area contributed by atoms with Crippen molar-refractivity contribution < 1.29 is 4.43 Å². The van der Waals surface area contributed by atoms with Crippen LogP contribution in [0.2, 0.25) is 18.1 Å². The average Bonchev–Trinajstić information content (AvgIpc) is 3.02. The van der Waals surface area contributed by atoms with Crippen molar-refractivity contribution in [3.8, 4) is 16.9 Å². The van der Waals surface area contributed by atoms with Crippen LogP contribution in [0.4, 0.5) is 5.82 Å². The van der Waals surface area contributed by atoms with E-state index in [2.05, 4.69) is 46.0 Å². The van der Waals surface area contributed by atoms with Gasteiger partial charge in [0.05, 0.1) is 18.0 Å². The predicted octanol–water partition coefficient (Wildman–Crippen LogP) is 5.64. The quantitative estimate of drug-likeness (QED) is 0.583. The zero-order valence-electron chi connectivity index (χ0n) is 16.9. The molecule has 0 atom stereocenters. The summed E-state index contributed by atoms with van der Waals surface area (Å²) < 4.78 is 8.14. The van der Waals surface area contributed by atoms with Crippen molar-refractivity contribution >= 4 is 14.1 Å². The third kappa shape index (κ3) is 4.31. The Morgan fingerprint density at radius 1 is 1.00 bits per heavy atom. The summed E-state index contributed by atoms with van der Waals surface area (Å²) >= 11 is 0. The van der Waals surface area contributed by atoms with E-state index in [0.29, 0.717) is 12.4 Å². The molecule has 0 aliphatic rings. The van der Waals surface area contributed by atoms with Crippen LogP contribution in [0.25, 0.3) is 16.9 Å². The molecule has 5 heteroatoms. The smallest absolute Gasteiger partial charge is 0.192 e. The lowest BCUT2D eigenvalue weighted by atomic mass is 10.2. The second-order valence-electron chi connectivity index (χ2n) is 8.45. The van der Waals surface area contributed by atoms with Gasteiger partial charge in [0.2, 0.25) is 0 Å². The van der Waals surface area contributed by atoms with E-state index in [1.807, 2.05) is 48.5 Å². The maximum Gasteiger partial charge on any atom is 0.192 e. The lowest BCUT2D eigenvalue weighted by Crippen LogP contribution is -2.40. The molecule has 0 radical (unpaired) electrons. The van der Waals surface area contributed by atoms with E-state index in [9.17, 15) is 0 Å². The van der Waals surface area contributed by atoms with Crippen LogP contribution in [-0.2, 0) is 11.0 Å². The molecule has 142 valence electrons. The Morgan fingerprint density at radius 3 is 2.37 bits per heavy atom. The molecular formula is C22H29N3OSi. The summed E-state index contributed by atoms with van der Waals surface area (Å²) in [5.74, 6) is 0.622. The van der Waals surface area contributed by atoms with E-state index in [-0.39, 0.29) is 5.04 Å². The van der Waals surface area contributed by atoms with E-state index in [0.717, 1.165) is 22.5 Å². The molecule has 2 N–H and O–H groups in total. The minimum atomic E-state index is -1.78. The molecule has 1 heterocycles. The van der Waals surface area contributed by atoms with Crippen LogP contribution in [0.1, 0.15) is 26.3 Å². The molecular weight excluding hydrogens is 350 g/mol. The van der Waals surface area contributed by atoms with Gasteiger partial charge in [-0.25, -0.2) is 4.68 Å². The fraction of sp³-hybridized carbons (Fsp3) is 0.318. The van der Waals surface area contributed by atoms with Gasteiger partial charge in [-0.1, -0.05) is 63.2 Å². The molecule has 0 bridgehead atoms. The Balaban J connectivity index is 1.83. The van der Waals surface area contributed by atoms with Gasteiger partial charge in [-0.3, -0.25) is 0 Å². The van der Waals surface area contributed by atoms with Gasteiger partial charge in [0.25, 0.3) is 0 Å². The number of hydrogen-bond acceptors (Lipinski definition) is 3. The van der Waals surface area contributed by atoms with Crippen molar-refractivity contribution in [2.24, 2.45) is 0 Å². The Morgan fingerprint density at radius 2 is 1.70 bits per heavy atom. The number of rotatable bonds is 5. The van der Waals surface area contributed by atoms with Crippen molar-refractivity contribution in [3.63, 3.8) is 0 Å². The number of hydrogen-bond donors (Lipinski definition) is 1. The van der Waals surface area contributed by atoms with Crippen LogP contribution in [-0.4, -0.2) is 18.1 Å². The van der Waals surface area contributed by atoms with Crippen LogP contribution in [0.5, 0.6) is 0 Å². The molecule has 3 aromatic rings. The standard InChI is InChI=1S/C22H29N3OSi/c1-22(2,3)27(4,5)26-16-17-10-9-13-19(14-17)25-21(23)15-20(24-25)18-11-7-6-8-12-18/h6-15H,16,23H2,1-5H3. The Hall–Kier alpha value is -2.37. The first-order valence-electron chi connectivity index (χ1n) is 9.32. The summed E-state index contributed by atoms with van der Waals surface area (Å²) in [6, 6.07) is 20.2. The van der Waals surface area contributed by atoms with Gasteiger partial charge in [-0.15, -0.1) is 0 Å². The van der Waals surface area contributed by atoms with Gasteiger partial charge < -0.3 is 10.2 Å². The SMILES string of the molecule is CC(C)(C)[Si](C)(C)OCc1cccc(-n2nc(-c3ccccc3)cc2N)c1. The number of nitrogen functional groups attached to an aromatic ring is 1. The maximum absolute atomic E-state index is 6.35. The highest BCUT2D eigenvalue weighted by molar-refractivity contribution is 6.74. The molecule has 0 fully saturated rings. The first kappa shape index (κ1) is 19.4. The highest BCUT2D eigenvalue weighted by Crippen LogP contribution is 2.37. The Bertz CT molecular complexity index is 911. The summed E-state index contributed by atoms with van der Waals surface area (Å²) in [5, 5.41) is 4.90. The highest BCUT2D eigenvalue weighted by atomic mass is 28.4. The fourth-order valence-corrected chi connectivity index (χ4v) is 3.57. The molecule has 27 heavy (non-hydrogen) atoms. The summed E-state index contributed by atoms with van der Waals surface area (Å²) in [6.45, 7) is 11.9. The average molecular weight is 380 g/mol. The maximum atomic E-state index is 6.35. The molecule has 1 aromatic heterocycles. The van der Waals surface area contributed by atoms with Gasteiger partial charge in [-0.05, 0) is 35.8 Å². The van der Waals surface area contributed by atoms with Crippen LogP contribution in [0.3, 0.4) is 0 Å². The second-order valence-corrected chi connectivity index (χ2v) is 13.3. The van der Waals surface area contributed by atoms with E-state index >= 15 is 0 Å². The van der Waals surface area contributed by atoms with Gasteiger partial charge >= 0.3 is 0 Å². The minimum absolute atomic E-state index is 0.196. The van der Waals surface area contributed by atoms with E-state index in [4.69, 9.17) is 15.3 Å². The predicted molar refractivity (Wildman–Crippen MR) is 115 cm³/mol. The van der Waals surface area contributed by atoms with E-state index < -0.39 is 8.32 Å². The second kappa shape index (κ2) is 7.33. The van der Waals surface area contributed by atoms with Crippen molar-refractivity contribution in [2.75, 3.05) is 5.73 Å². The monoisotopic (exact) mass is 379 g/mol. The Kier molecular flexibility index (Phi) is 5.26. The summed E-state index contributed by atoms with van der Waals surface area (Å²) in [4.78, 5) is 0. The van der Waals surface area contributed by atoms with Crippen LogP contribution < -0.4 is 5.73 Å². The van der Waals surface area contributed by atoms with Crippen LogP contribution >= 0.6 is 0 Å². The number of aromatic nitrogens is 2. The lowest BCUT2D eigenvalue weighted by molar-refractivity contribution is 0.276. The summed E-state index contributed by atoms with van der Waals surface area (Å²) in [5.41, 5.74) is 10.2. The lowest BCUT2D eigenvalue weighted by Gasteiger charge is -2.36. The molecule has 0 saturated heterocycles. The first-order chi connectivity index (χ1) is 12.7. The normalized spacial score (nSPS) is 12.3. The number of nitrogens with two attached hydrogens (primary N) is 1. The highest BCUT2D eigenvalue weighted by Gasteiger charge is 2.37. The molecule has 0 unspecified atom stereocenters. The zero-order valence-corrected chi connectivity index (χ0v) is 17.9. The number of nitrogens with zero attached hydrogens (tertiary/aromatic N) is 2. The molecule has 0 amide bonds. The zero-order chi connectivity index (χ0) is 19.7. The van der Waals surface area contributed by atoms with E-state index in [1.54, 1.807) is 4.68 Å². The molecule has 4 nitrogen and oxygen atoms in total. The van der Waals surface area contributed by atoms with E-state index in [1.165, 1.54) is 0 Å². The Labute approximate surface area is 163 Å². The molecule has 0 aliphatic heterocycles. The third-order valence-corrected chi connectivity index (χ3v) is 9.85. The van der Waals surface area contributed by atoms with Gasteiger partial charge in [0, 0.05) is 11.6 Å². The third-order valence-electron chi connectivity index (χ3n) is 5.37. The van der Waals surface area contributed by atoms with Crippen LogP contribution in [0, 0.1) is 0 Å².